The van der Waals surface area contributed by atoms with Crippen molar-refractivity contribution in [2.45, 2.75) is 19.6 Å². The van der Waals surface area contributed by atoms with Crippen molar-refractivity contribution < 1.29 is 0 Å². The van der Waals surface area contributed by atoms with Gasteiger partial charge in [0.1, 0.15) is 0 Å². The van der Waals surface area contributed by atoms with E-state index >= 15 is 0 Å². The summed E-state index contributed by atoms with van der Waals surface area (Å²) in [4.78, 5) is 0. The predicted molar refractivity (Wildman–Crippen MR) is 84.9 cm³/mol. The highest BCUT2D eigenvalue weighted by atomic mass is 28.3. The van der Waals surface area contributed by atoms with Crippen molar-refractivity contribution >= 4 is 19.3 Å². The largest absolute Gasteiger partial charge is 0.0985 e. The molecular weight excluding hydrogens is 232 g/mol. The van der Waals surface area contributed by atoms with Crippen LogP contribution in [0.1, 0.15) is 5.56 Å². The lowest BCUT2D eigenvalue weighted by atomic mass is 10.0. The minimum atomic E-state index is -1.19. The van der Waals surface area contributed by atoms with Crippen LogP contribution in [-0.2, 0) is 0 Å². The first kappa shape index (κ1) is 12.8. The molecule has 0 bridgehead atoms. The molecule has 0 aliphatic carbocycles. The van der Waals surface area contributed by atoms with Crippen molar-refractivity contribution in [3.05, 3.63) is 60.7 Å². The summed E-state index contributed by atoms with van der Waals surface area (Å²) >= 11 is 0. The summed E-state index contributed by atoms with van der Waals surface area (Å²) < 4.78 is 0. The Morgan fingerprint density at radius 3 is 1.61 bits per heavy atom. The second-order valence-electron chi connectivity index (χ2n) is 5.65. The normalized spacial score (nSPS) is 11.3. The maximum absolute atomic E-state index is 3.78. The Kier molecular flexibility index (Phi) is 3.53. The van der Waals surface area contributed by atoms with Gasteiger partial charge in [-0.1, -0.05) is 86.0 Å². The fourth-order valence-corrected chi connectivity index (χ4v) is 3.14. The molecule has 0 N–H and O–H groups in total. The molecule has 0 fully saturated rings. The molecule has 0 atom stereocenters. The molecule has 2 aromatic carbocycles. The molecule has 0 aliphatic rings. The van der Waals surface area contributed by atoms with E-state index in [1.54, 1.807) is 0 Å². The number of rotatable bonds is 3. The highest BCUT2D eigenvalue weighted by Crippen LogP contribution is 2.19. The summed E-state index contributed by atoms with van der Waals surface area (Å²) in [7, 11) is -1.19. The number of hydrogen-bond acceptors (Lipinski definition) is 0. The minimum Gasteiger partial charge on any atom is -0.0985 e. The summed E-state index contributed by atoms with van der Waals surface area (Å²) in [5, 5.41) is 1.51. The maximum Gasteiger partial charge on any atom is 0.0775 e. The molecule has 0 saturated heterocycles. The van der Waals surface area contributed by atoms with Gasteiger partial charge in [0.25, 0.3) is 0 Å². The quantitative estimate of drug-likeness (QED) is 0.703. The third-order valence-electron chi connectivity index (χ3n) is 3.23. The molecule has 0 spiro atoms. The molecule has 0 nitrogen and oxygen atoms in total. The Balaban J connectivity index is 2.31. The molecule has 0 aliphatic heterocycles. The summed E-state index contributed by atoms with van der Waals surface area (Å²) in [6.45, 7) is 10.9. The van der Waals surface area contributed by atoms with Gasteiger partial charge in [-0.25, -0.2) is 0 Å². The smallest absolute Gasteiger partial charge is 0.0775 e. The molecule has 2 rings (SSSR count). The van der Waals surface area contributed by atoms with Crippen LogP contribution in [0.15, 0.2) is 55.1 Å². The predicted octanol–water partition coefficient (Wildman–Crippen LogP) is 4.54. The van der Waals surface area contributed by atoms with Crippen LogP contribution in [0.4, 0.5) is 0 Å². The second-order valence-corrected chi connectivity index (χ2v) is 10.7. The Hall–Kier alpha value is -1.60. The number of benzene rings is 2. The van der Waals surface area contributed by atoms with Crippen molar-refractivity contribution in [3.63, 3.8) is 0 Å². The van der Waals surface area contributed by atoms with Crippen molar-refractivity contribution in [2.75, 3.05) is 0 Å². The topological polar surface area (TPSA) is 0 Å². The maximum atomic E-state index is 3.78. The van der Waals surface area contributed by atoms with Gasteiger partial charge in [-0.2, -0.15) is 0 Å². The van der Waals surface area contributed by atoms with Crippen LogP contribution in [0.5, 0.6) is 0 Å². The van der Waals surface area contributed by atoms with E-state index in [0.717, 1.165) is 5.56 Å². The van der Waals surface area contributed by atoms with Crippen LogP contribution < -0.4 is 5.19 Å². The zero-order valence-corrected chi connectivity index (χ0v) is 12.4. The van der Waals surface area contributed by atoms with Crippen LogP contribution in [-0.4, -0.2) is 8.07 Å². The molecule has 1 heteroatoms. The molecule has 0 saturated carbocycles. The van der Waals surface area contributed by atoms with Crippen molar-refractivity contribution in [3.8, 4) is 11.1 Å². The van der Waals surface area contributed by atoms with E-state index in [9.17, 15) is 0 Å². The molecule has 2 aromatic rings. The van der Waals surface area contributed by atoms with E-state index < -0.39 is 8.07 Å². The van der Waals surface area contributed by atoms with Crippen LogP contribution in [0.2, 0.25) is 19.6 Å². The van der Waals surface area contributed by atoms with Crippen LogP contribution in [0.3, 0.4) is 0 Å². The zero-order chi connectivity index (χ0) is 13.2. The first-order valence-electron chi connectivity index (χ1n) is 6.34. The average molecular weight is 252 g/mol. The van der Waals surface area contributed by atoms with Gasteiger partial charge in [0.2, 0.25) is 0 Å². The van der Waals surface area contributed by atoms with Gasteiger partial charge in [-0.05, 0) is 16.7 Å². The first-order chi connectivity index (χ1) is 8.50. The molecular formula is C17H20Si. The standard InChI is InChI=1S/C17H20Si/c1-5-14-6-8-15(9-7-14)16-10-12-17(13-11-16)18(2,3)4/h5-13H,1H2,2-4H3. The van der Waals surface area contributed by atoms with Crippen LogP contribution in [0, 0.1) is 0 Å². The summed E-state index contributed by atoms with van der Waals surface area (Å²) in [6, 6.07) is 17.5. The van der Waals surface area contributed by atoms with E-state index in [-0.39, 0.29) is 0 Å². The van der Waals surface area contributed by atoms with Gasteiger partial charge in [0, 0.05) is 0 Å². The molecule has 92 valence electrons. The third kappa shape index (κ3) is 2.80. The Bertz CT molecular complexity index is 527. The van der Waals surface area contributed by atoms with E-state index in [1.807, 2.05) is 6.08 Å². The third-order valence-corrected chi connectivity index (χ3v) is 5.30. The van der Waals surface area contributed by atoms with E-state index in [1.165, 1.54) is 16.3 Å². The van der Waals surface area contributed by atoms with E-state index in [4.69, 9.17) is 0 Å². The van der Waals surface area contributed by atoms with Crippen molar-refractivity contribution in [2.24, 2.45) is 0 Å². The Morgan fingerprint density at radius 1 is 0.778 bits per heavy atom. The minimum absolute atomic E-state index is 1.16. The molecule has 0 heterocycles. The van der Waals surface area contributed by atoms with Crippen LogP contribution in [0.25, 0.3) is 17.2 Å². The monoisotopic (exact) mass is 252 g/mol. The molecule has 0 aromatic heterocycles. The highest BCUT2D eigenvalue weighted by molar-refractivity contribution is 6.88. The lowest BCUT2D eigenvalue weighted by Crippen LogP contribution is -2.37. The lowest BCUT2D eigenvalue weighted by Gasteiger charge is -2.16. The molecule has 18 heavy (non-hydrogen) atoms. The zero-order valence-electron chi connectivity index (χ0n) is 11.4. The Morgan fingerprint density at radius 2 is 1.22 bits per heavy atom. The van der Waals surface area contributed by atoms with Gasteiger partial charge in [-0.15, -0.1) is 0 Å². The molecule has 0 radical (unpaired) electrons. The lowest BCUT2D eigenvalue weighted by molar-refractivity contribution is 1.60. The van der Waals surface area contributed by atoms with E-state index in [0.29, 0.717) is 0 Å². The van der Waals surface area contributed by atoms with Crippen LogP contribution >= 0.6 is 0 Å². The van der Waals surface area contributed by atoms with Crippen molar-refractivity contribution in [1.29, 1.82) is 0 Å². The average Bonchev–Trinajstić information content (AvgIpc) is 2.38. The van der Waals surface area contributed by atoms with Gasteiger partial charge in [0.05, 0.1) is 8.07 Å². The summed E-state index contributed by atoms with van der Waals surface area (Å²) in [6.07, 6.45) is 1.87. The summed E-state index contributed by atoms with van der Waals surface area (Å²) in [5.41, 5.74) is 3.72. The summed E-state index contributed by atoms with van der Waals surface area (Å²) in [5.74, 6) is 0. The fraction of sp³-hybridized carbons (Fsp3) is 0.176. The van der Waals surface area contributed by atoms with Gasteiger partial charge >= 0.3 is 0 Å². The van der Waals surface area contributed by atoms with Gasteiger partial charge in [0.15, 0.2) is 0 Å². The van der Waals surface area contributed by atoms with Gasteiger partial charge in [-0.3, -0.25) is 0 Å². The fourth-order valence-electron chi connectivity index (χ4n) is 1.97. The SMILES string of the molecule is C=Cc1ccc(-c2ccc([Si](C)(C)C)cc2)cc1. The first-order valence-corrected chi connectivity index (χ1v) is 9.84. The van der Waals surface area contributed by atoms with E-state index in [2.05, 4.69) is 74.8 Å². The highest BCUT2D eigenvalue weighted by Gasteiger charge is 2.15. The second kappa shape index (κ2) is 4.95. The molecule has 0 unspecified atom stereocenters. The Labute approximate surface area is 111 Å². The van der Waals surface area contributed by atoms with Gasteiger partial charge < -0.3 is 0 Å². The van der Waals surface area contributed by atoms with Crippen molar-refractivity contribution in [1.82, 2.24) is 0 Å². The number of hydrogen-bond donors (Lipinski definition) is 0. The molecule has 0 amide bonds.